The Morgan fingerprint density at radius 2 is 1.92 bits per heavy atom. The highest BCUT2D eigenvalue weighted by molar-refractivity contribution is 7.90. The van der Waals surface area contributed by atoms with E-state index in [1.165, 1.54) is 30.0 Å². The third-order valence-electron chi connectivity index (χ3n) is 5.70. The second-order valence-corrected chi connectivity index (χ2v) is 10.4. The molecule has 0 aliphatic heterocycles. The number of fused-ring (bicyclic) bond motifs is 1. The molecule has 0 bridgehead atoms. The molecule has 0 aliphatic carbocycles. The van der Waals surface area contributed by atoms with E-state index >= 15 is 0 Å². The molecule has 0 unspecified atom stereocenters. The molecule has 3 heterocycles. The Labute approximate surface area is 205 Å². The summed E-state index contributed by atoms with van der Waals surface area (Å²) < 4.78 is 65.0. The lowest BCUT2D eigenvalue weighted by Crippen LogP contribution is -2.29. The second-order valence-electron chi connectivity index (χ2n) is 8.18. The number of H-pyrrole nitrogens is 1. The number of halogens is 2. The van der Waals surface area contributed by atoms with Gasteiger partial charge in [-0.05, 0) is 37.6 Å². The van der Waals surface area contributed by atoms with E-state index in [9.17, 15) is 22.0 Å². The number of pyridine rings is 2. The number of imidazole rings is 1. The minimum Gasteiger partial charge on any atom is -0.491 e. The SMILES string of the molecule is CCOc1nc([C@H](CS(C)(=O)=O)n2c(=O)[nH]c3c(C)c(-c4cccc(F)c4F)cnc32)ccc1OC. The molecule has 0 spiro atoms. The van der Waals surface area contributed by atoms with E-state index in [1.54, 1.807) is 26.0 Å². The molecule has 190 valence electrons. The van der Waals surface area contributed by atoms with Gasteiger partial charge in [0, 0.05) is 23.6 Å². The van der Waals surface area contributed by atoms with E-state index in [0.29, 0.717) is 11.3 Å². The van der Waals surface area contributed by atoms with Gasteiger partial charge in [-0.25, -0.2) is 32.0 Å². The molecule has 0 fully saturated rings. The largest absolute Gasteiger partial charge is 0.491 e. The molecule has 0 aliphatic rings. The summed E-state index contributed by atoms with van der Waals surface area (Å²) in [5.41, 5.74) is 0.723. The Morgan fingerprint density at radius 1 is 1.17 bits per heavy atom. The number of ether oxygens (including phenoxy) is 2. The molecule has 9 nitrogen and oxygen atoms in total. The fraction of sp³-hybridized carbons (Fsp3) is 0.292. The van der Waals surface area contributed by atoms with Crippen molar-refractivity contribution in [2.24, 2.45) is 0 Å². The van der Waals surface area contributed by atoms with Gasteiger partial charge < -0.3 is 14.5 Å². The summed E-state index contributed by atoms with van der Waals surface area (Å²) in [5.74, 6) is -2.00. The fourth-order valence-corrected chi connectivity index (χ4v) is 4.95. The zero-order chi connectivity index (χ0) is 26.2. The molecular weight excluding hydrogens is 494 g/mol. The average molecular weight is 519 g/mol. The molecule has 1 N–H and O–H groups in total. The maximum Gasteiger partial charge on any atom is 0.328 e. The van der Waals surface area contributed by atoms with Crippen LogP contribution in [0.5, 0.6) is 11.6 Å². The van der Waals surface area contributed by atoms with Gasteiger partial charge in [0.15, 0.2) is 23.0 Å². The number of benzene rings is 1. The van der Waals surface area contributed by atoms with Gasteiger partial charge in [-0.2, -0.15) is 0 Å². The smallest absolute Gasteiger partial charge is 0.328 e. The molecule has 4 aromatic rings. The van der Waals surface area contributed by atoms with E-state index in [4.69, 9.17) is 9.47 Å². The first-order valence-electron chi connectivity index (χ1n) is 10.9. The molecular formula is C24H24F2N4O5S. The molecule has 0 radical (unpaired) electrons. The number of hydrogen-bond donors (Lipinski definition) is 1. The highest BCUT2D eigenvalue weighted by atomic mass is 32.2. The summed E-state index contributed by atoms with van der Waals surface area (Å²) in [6.07, 6.45) is 2.38. The summed E-state index contributed by atoms with van der Waals surface area (Å²) in [6, 6.07) is 5.85. The van der Waals surface area contributed by atoms with Crippen LogP contribution >= 0.6 is 0 Å². The van der Waals surface area contributed by atoms with Crippen LogP contribution in [0.4, 0.5) is 8.78 Å². The summed E-state index contributed by atoms with van der Waals surface area (Å²) in [5, 5.41) is 0. The van der Waals surface area contributed by atoms with Crippen LogP contribution in [-0.2, 0) is 9.84 Å². The number of nitrogens with zero attached hydrogens (tertiary/aromatic N) is 3. The van der Waals surface area contributed by atoms with Crippen LogP contribution < -0.4 is 15.2 Å². The highest BCUT2D eigenvalue weighted by Gasteiger charge is 2.28. The average Bonchev–Trinajstić information content (AvgIpc) is 3.16. The minimum absolute atomic E-state index is 0.0126. The first kappa shape index (κ1) is 25.3. The second kappa shape index (κ2) is 9.69. The van der Waals surface area contributed by atoms with Crippen LogP contribution in [0.15, 0.2) is 41.3 Å². The van der Waals surface area contributed by atoms with Gasteiger partial charge >= 0.3 is 5.69 Å². The number of nitrogens with one attached hydrogen (secondary N) is 1. The van der Waals surface area contributed by atoms with Gasteiger partial charge in [0.05, 0.1) is 36.7 Å². The van der Waals surface area contributed by atoms with Crippen LogP contribution in [0.3, 0.4) is 0 Å². The third kappa shape index (κ3) is 4.68. The van der Waals surface area contributed by atoms with Crippen LogP contribution in [0.1, 0.15) is 24.2 Å². The van der Waals surface area contributed by atoms with E-state index in [1.807, 2.05) is 0 Å². The van der Waals surface area contributed by atoms with Gasteiger partial charge in [0.25, 0.3) is 5.88 Å². The Bertz CT molecular complexity index is 1620. The molecule has 4 rings (SSSR count). The number of aryl methyl sites for hydroxylation is 1. The Hall–Kier alpha value is -3.80. The third-order valence-corrected chi connectivity index (χ3v) is 6.62. The van der Waals surface area contributed by atoms with Crippen molar-refractivity contribution in [3.8, 4) is 22.8 Å². The molecule has 1 aromatic carbocycles. The quantitative estimate of drug-likeness (QED) is 0.380. The normalized spacial score (nSPS) is 12.6. The number of rotatable bonds is 8. The maximum atomic E-state index is 14.5. The van der Waals surface area contributed by atoms with E-state index in [0.717, 1.165) is 12.3 Å². The first-order chi connectivity index (χ1) is 17.1. The molecule has 3 aromatic heterocycles. The molecule has 12 heteroatoms. The number of methoxy groups -OCH3 is 1. The lowest BCUT2D eigenvalue weighted by atomic mass is 10.0. The van der Waals surface area contributed by atoms with Crippen molar-refractivity contribution < 1.29 is 26.7 Å². The summed E-state index contributed by atoms with van der Waals surface area (Å²) in [7, 11) is -2.15. The van der Waals surface area contributed by atoms with Crippen molar-refractivity contribution in [1.82, 2.24) is 19.5 Å². The van der Waals surface area contributed by atoms with Crippen LogP contribution in [0.2, 0.25) is 0 Å². The summed E-state index contributed by atoms with van der Waals surface area (Å²) >= 11 is 0. The summed E-state index contributed by atoms with van der Waals surface area (Å²) in [6.45, 7) is 3.68. The number of hydrogen-bond acceptors (Lipinski definition) is 7. The van der Waals surface area contributed by atoms with Crippen LogP contribution in [0, 0.1) is 18.6 Å². The minimum atomic E-state index is -3.60. The van der Waals surface area contributed by atoms with Gasteiger partial charge in [-0.1, -0.05) is 12.1 Å². The van der Waals surface area contributed by atoms with Crippen molar-refractivity contribution in [3.63, 3.8) is 0 Å². The number of sulfone groups is 1. The zero-order valence-corrected chi connectivity index (χ0v) is 20.8. The highest BCUT2D eigenvalue weighted by Crippen LogP contribution is 2.32. The molecule has 1 atom stereocenters. The zero-order valence-electron chi connectivity index (χ0n) is 20.0. The lowest BCUT2D eigenvalue weighted by Gasteiger charge is -2.19. The standard InChI is InChI=1S/C24H24F2N4O5S/c1-5-35-23-19(34-3)10-9-17(28-23)18(12-36(4,32)33)30-22-21(29-24(30)31)13(2)15(11-27-22)14-7-6-8-16(25)20(14)26/h6-11,18H,5,12H2,1-4H3,(H,29,31)/t18-/m0/s1. The van der Waals surface area contributed by atoms with Crippen molar-refractivity contribution in [2.75, 3.05) is 25.7 Å². The lowest BCUT2D eigenvalue weighted by molar-refractivity contribution is 0.296. The predicted molar refractivity (Wildman–Crippen MR) is 130 cm³/mol. The van der Waals surface area contributed by atoms with Crippen molar-refractivity contribution in [2.45, 2.75) is 19.9 Å². The summed E-state index contributed by atoms with van der Waals surface area (Å²) in [4.78, 5) is 24.6. The monoisotopic (exact) mass is 518 g/mol. The predicted octanol–water partition coefficient (Wildman–Crippen LogP) is 3.41. The van der Waals surface area contributed by atoms with E-state index in [-0.39, 0.29) is 40.5 Å². The van der Waals surface area contributed by atoms with Crippen LogP contribution in [0.25, 0.3) is 22.3 Å². The topological polar surface area (TPSA) is 116 Å². The van der Waals surface area contributed by atoms with Crippen molar-refractivity contribution in [1.29, 1.82) is 0 Å². The van der Waals surface area contributed by atoms with Gasteiger partial charge in [0.1, 0.15) is 9.84 Å². The Morgan fingerprint density at radius 3 is 2.58 bits per heavy atom. The Balaban J connectivity index is 1.94. The van der Waals surface area contributed by atoms with Gasteiger partial charge in [0.2, 0.25) is 0 Å². The fourth-order valence-electron chi connectivity index (χ4n) is 4.06. The van der Waals surface area contributed by atoms with Gasteiger partial charge in [-0.3, -0.25) is 4.57 Å². The molecule has 0 saturated carbocycles. The van der Waals surface area contributed by atoms with Crippen molar-refractivity contribution >= 4 is 21.0 Å². The van der Waals surface area contributed by atoms with Gasteiger partial charge in [-0.15, -0.1) is 0 Å². The Kier molecular flexibility index (Phi) is 6.81. The number of aromatic amines is 1. The molecule has 0 amide bonds. The van der Waals surface area contributed by atoms with Crippen LogP contribution in [-0.4, -0.2) is 53.7 Å². The number of aromatic nitrogens is 4. The first-order valence-corrected chi connectivity index (χ1v) is 13.0. The van der Waals surface area contributed by atoms with E-state index < -0.39 is 39.0 Å². The van der Waals surface area contributed by atoms with Crippen molar-refractivity contribution in [3.05, 3.63) is 69.9 Å². The van der Waals surface area contributed by atoms with E-state index in [2.05, 4.69) is 15.0 Å². The molecule has 0 saturated heterocycles. The molecule has 36 heavy (non-hydrogen) atoms. The maximum absolute atomic E-state index is 14.5.